The molecule has 0 fully saturated rings. The number of methoxy groups -OCH3 is 2. The highest BCUT2D eigenvalue weighted by molar-refractivity contribution is 5.82. The summed E-state index contributed by atoms with van der Waals surface area (Å²) < 4.78 is 10.4. The van der Waals surface area contributed by atoms with Crippen LogP contribution in [0.15, 0.2) is 60.7 Å². The molecule has 4 heteroatoms. The van der Waals surface area contributed by atoms with Crippen LogP contribution in [0.2, 0.25) is 0 Å². The molecule has 4 rings (SSSR count). The predicted molar refractivity (Wildman–Crippen MR) is 109 cm³/mol. The summed E-state index contributed by atoms with van der Waals surface area (Å²) in [7, 11) is 3.11. The van der Waals surface area contributed by atoms with Gasteiger partial charge >= 0.3 is 5.97 Å². The van der Waals surface area contributed by atoms with E-state index in [-0.39, 0.29) is 11.9 Å². The number of hydrogen-bond acceptors (Lipinski definition) is 4. The van der Waals surface area contributed by atoms with Gasteiger partial charge in [-0.15, -0.1) is 0 Å². The molecule has 0 aliphatic heterocycles. The van der Waals surface area contributed by atoms with Gasteiger partial charge in [0.2, 0.25) is 0 Å². The average Bonchev–Trinajstić information content (AvgIpc) is 2.78. The van der Waals surface area contributed by atoms with Crippen LogP contribution in [0.1, 0.15) is 30.0 Å². The van der Waals surface area contributed by atoms with Crippen molar-refractivity contribution in [1.29, 1.82) is 0 Å². The molecular formula is C24H23NO3. The van der Waals surface area contributed by atoms with Gasteiger partial charge in [-0.1, -0.05) is 42.5 Å². The summed E-state index contributed by atoms with van der Waals surface area (Å²) in [6.45, 7) is 0. The van der Waals surface area contributed by atoms with E-state index in [1.807, 2.05) is 42.5 Å². The lowest BCUT2D eigenvalue weighted by atomic mass is 9.82. The smallest absolute Gasteiger partial charge is 0.314 e. The van der Waals surface area contributed by atoms with E-state index in [1.165, 1.54) is 7.11 Å². The Labute approximate surface area is 165 Å². The Balaban J connectivity index is 1.92. The van der Waals surface area contributed by atoms with Gasteiger partial charge in [0.05, 0.1) is 31.5 Å². The summed E-state index contributed by atoms with van der Waals surface area (Å²) in [6.07, 6.45) is 2.63. The third kappa shape index (κ3) is 3.38. The number of fused-ring (bicyclic) bond motifs is 1. The number of aromatic nitrogens is 1. The normalized spacial score (nSPS) is 15.6. The van der Waals surface area contributed by atoms with Crippen LogP contribution in [0.5, 0.6) is 5.75 Å². The van der Waals surface area contributed by atoms with E-state index in [0.717, 1.165) is 58.7 Å². The number of pyridine rings is 1. The van der Waals surface area contributed by atoms with Crippen LogP contribution >= 0.6 is 0 Å². The van der Waals surface area contributed by atoms with Crippen molar-refractivity contribution in [1.82, 2.24) is 4.98 Å². The fourth-order valence-corrected chi connectivity index (χ4v) is 3.92. The van der Waals surface area contributed by atoms with Crippen molar-refractivity contribution in [2.24, 2.45) is 0 Å². The highest BCUT2D eigenvalue weighted by Gasteiger charge is 2.31. The standard InChI is InChI=1S/C24H23NO3/c1-27-18-13-11-16(12-14-18)21-15-22(17-7-4-3-5-8-17)25-23-19(21)9-6-10-20(23)24(26)28-2/h3-5,7-8,11-15,20H,6,9-10H2,1-2H3. The van der Waals surface area contributed by atoms with Gasteiger partial charge in [-0.2, -0.15) is 0 Å². The van der Waals surface area contributed by atoms with Crippen molar-refractivity contribution in [3.63, 3.8) is 0 Å². The molecule has 0 N–H and O–H groups in total. The van der Waals surface area contributed by atoms with Crippen LogP contribution in [0.25, 0.3) is 22.4 Å². The lowest BCUT2D eigenvalue weighted by Crippen LogP contribution is -2.22. The Morgan fingerprint density at radius 2 is 1.75 bits per heavy atom. The highest BCUT2D eigenvalue weighted by Crippen LogP contribution is 2.39. The second-order valence-corrected chi connectivity index (χ2v) is 6.98. The minimum absolute atomic E-state index is 0.209. The van der Waals surface area contributed by atoms with Crippen LogP contribution in [-0.2, 0) is 16.0 Å². The maximum absolute atomic E-state index is 12.4. The van der Waals surface area contributed by atoms with Gasteiger partial charge in [0.1, 0.15) is 5.75 Å². The van der Waals surface area contributed by atoms with Gasteiger partial charge in [0.25, 0.3) is 0 Å². The molecule has 1 unspecified atom stereocenters. The molecule has 0 radical (unpaired) electrons. The number of ether oxygens (including phenoxy) is 2. The third-order valence-electron chi connectivity index (χ3n) is 5.36. The van der Waals surface area contributed by atoms with E-state index in [4.69, 9.17) is 14.5 Å². The second-order valence-electron chi connectivity index (χ2n) is 6.98. The Morgan fingerprint density at radius 1 is 1.00 bits per heavy atom. The molecule has 1 aliphatic carbocycles. The van der Waals surface area contributed by atoms with Crippen LogP contribution in [-0.4, -0.2) is 25.2 Å². The van der Waals surface area contributed by atoms with Gasteiger partial charge in [-0.25, -0.2) is 0 Å². The Hall–Kier alpha value is -3.14. The van der Waals surface area contributed by atoms with Crippen molar-refractivity contribution in [2.75, 3.05) is 14.2 Å². The maximum Gasteiger partial charge on any atom is 0.314 e. The van der Waals surface area contributed by atoms with E-state index in [2.05, 4.69) is 18.2 Å². The third-order valence-corrected chi connectivity index (χ3v) is 5.36. The van der Waals surface area contributed by atoms with Crippen LogP contribution in [0, 0.1) is 0 Å². The zero-order valence-electron chi connectivity index (χ0n) is 16.1. The number of benzene rings is 2. The van der Waals surface area contributed by atoms with Crippen molar-refractivity contribution < 1.29 is 14.3 Å². The summed E-state index contributed by atoms with van der Waals surface area (Å²) in [5.41, 5.74) is 6.13. The van der Waals surface area contributed by atoms with Gasteiger partial charge < -0.3 is 9.47 Å². The number of carbonyl (C=O) groups is 1. The first-order valence-corrected chi connectivity index (χ1v) is 9.52. The van der Waals surface area contributed by atoms with E-state index >= 15 is 0 Å². The van der Waals surface area contributed by atoms with E-state index < -0.39 is 0 Å². The summed E-state index contributed by atoms with van der Waals surface area (Å²) in [5.74, 6) is 0.302. The second kappa shape index (κ2) is 7.85. The molecule has 1 atom stereocenters. The minimum Gasteiger partial charge on any atom is -0.497 e. The minimum atomic E-state index is -0.311. The zero-order valence-corrected chi connectivity index (χ0v) is 16.1. The highest BCUT2D eigenvalue weighted by atomic mass is 16.5. The molecule has 2 aromatic carbocycles. The topological polar surface area (TPSA) is 48.4 Å². The summed E-state index contributed by atoms with van der Waals surface area (Å²) in [6, 6.07) is 20.3. The molecule has 1 aliphatic rings. The molecule has 0 spiro atoms. The largest absolute Gasteiger partial charge is 0.497 e. The Bertz CT molecular complexity index is 981. The molecule has 142 valence electrons. The number of nitrogens with zero attached hydrogens (tertiary/aromatic N) is 1. The number of carbonyl (C=O) groups excluding carboxylic acids is 1. The van der Waals surface area contributed by atoms with Gasteiger partial charge in [-0.3, -0.25) is 9.78 Å². The van der Waals surface area contributed by atoms with Gasteiger partial charge in [0.15, 0.2) is 0 Å². The first-order chi connectivity index (χ1) is 13.7. The molecule has 3 aromatic rings. The van der Waals surface area contributed by atoms with E-state index in [1.54, 1.807) is 7.11 Å². The Morgan fingerprint density at radius 3 is 2.43 bits per heavy atom. The average molecular weight is 373 g/mol. The van der Waals surface area contributed by atoms with Crippen molar-refractivity contribution in [3.8, 4) is 28.1 Å². The van der Waals surface area contributed by atoms with Crippen molar-refractivity contribution in [2.45, 2.75) is 25.2 Å². The van der Waals surface area contributed by atoms with Crippen molar-refractivity contribution in [3.05, 3.63) is 71.9 Å². The van der Waals surface area contributed by atoms with Gasteiger partial charge in [0, 0.05) is 5.56 Å². The fourth-order valence-electron chi connectivity index (χ4n) is 3.92. The summed E-state index contributed by atoms with van der Waals surface area (Å²) in [5, 5.41) is 0. The molecule has 1 aromatic heterocycles. The van der Waals surface area contributed by atoms with Crippen LogP contribution in [0.3, 0.4) is 0 Å². The first-order valence-electron chi connectivity index (χ1n) is 9.52. The molecular weight excluding hydrogens is 350 g/mol. The Kier molecular flexibility index (Phi) is 5.11. The fraction of sp³-hybridized carbons (Fsp3) is 0.250. The first kappa shape index (κ1) is 18.2. The quantitative estimate of drug-likeness (QED) is 0.603. The molecule has 28 heavy (non-hydrogen) atoms. The van der Waals surface area contributed by atoms with Crippen LogP contribution in [0.4, 0.5) is 0 Å². The SMILES string of the molecule is COC(=O)C1CCCc2c(-c3ccc(OC)cc3)cc(-c3ccccc3)nc21. The van der Waals surface area contributed by atoms with Crippen molar-refractivity contribution >= 4 is 5.97 Å². The van der Waals surface area contributed by atoms with Crippen LogP contribution < -0.4 is 4.74 Å². The molecule has 0 saturated carbocycles. The number of rotatable bonds is 4. The molecule has 4 nitrogen and oxygen atoms in total. The van der Waals surface area contributed by atoms with E-state index in [0.29, 0.717) is 0 Å². The molecule has 0 bridgehead atoms. The van der Waals surface area contributed by atoms with E-state index in [9.17, 15) is 4.79 Å². The molecule has 1 heterocycles. The molecule has 0 saturated heterocycles. The number of hydrogen-bond donors (Lipinski definition) is 0. The monoisotopic (exact) mass is 373 g/mol. The van der Waals surface area contributed by atoms with Gasteiger partial charge in [-0.05, 0) is 54.2 Å². The zero-order chi connectivity index (χ0) is 19.5. The number of esters is 1. The summed E-state index contributed by atoms with van der Waals surface area (Å²) >= 11 is 0. The molecule has 0 amide bonds. The summed E-state index contributed by atoms with van der Waals surface area (Å²) in [4.78, 5) is 17.4. The lowest BCUT2D eigenvalue weighted by Gasteiger charge is -2.26. The predicted octanol–water partition coefficient (Wildman–Crippen LogP) is 5.02. The maximum atomic E-state index is 12.4. The lowest BCUT2D eigenvalue weighted by molar-refractivity contribution is -0.142.